The van der Waals surface area contributed by atoms with Crippen LogP contribution in [-0.4, -0.2) is 45.8 Å². The summed E-state index contributed by atoms with van der Waals surface area (Å²) in [5, 5.41) is 13.7. The van der Waals surface area contributed by atoms with Gasteiger partial charge in [0.05, 0.1) is 5.60 Å². The molecule has 1 aromatic heterocycles. The number of pyridine rings is 1. The lowest BCUT2D eigenvalue weighted by molar-refractivity contribution is 0.0321. The van der Waals surface area contributed by atoms with Gasteiger partial charge in [-0.05, 0) is 32.4 Å². The summed E-state index contributed by atoms with van der Waals surface area (Å²) in [5.41, 5.74) is 0.518. The molecular weight excluding hydrogens is 226 g/mol. The van der Waals surface area contributed by atoms with E-state index >= 15 is 0 Å². The van der Waals surface area contributed by atoms with Gasteiger partial charge in [0.15, 0.2) is 0 Å². The van der Waals surface area contributed by atoms with Crippen molar-refractivity contribution in [3.05, 3.63) is 30.1 Å². The van der Waals surface area contributed by atoms with Gasteiger partial charge in [-0.15, -0.1) is 0 Å². The van der Waals surface area contributed by atoms with Crippen LogP contribution in [0.25, 0.3) is 0 Å². The van der Waals surface area contributed by atoms with Gasteiger partial charge < -0.3 is 10.4 Å². The molecule has 1 unspecified atom stereocenters. The molecule has 2 heterocycles. The SMILES string of the molecule is CC1(O)CNC(C)(C)CN(Cc2cccnc2)C1. The van der Waals surface area contributed by atoms with Gasteiger partial charge in [-0.1, -0.05) is 6.07 Å². The van der Waals surface area contributed by atoms with E-state index in [0.717, 1.165) is 13.1 Å². The molecule has 1 atom stereocenters. The molecule has 1 aliphatic rings. The first kappa shape index (κ1) is 13.5. The summed E-state index contributed by atoms with van der Waals surface area (Å²) in [6.07, 6.45) is 3.67. The first-order valence-corrected chi connectivity index (χ1v) is 6.45. The Morgan fingerprint density at radius 2 is 2.17 bits per heavy atom. The fourth-order valence-corrected chi connectivity index (χ4v) is 2.50. The van der Waals surface area contributed by atoms with Crippen molar-refractivity contribution in [2.75, 3.05) is 19.6 Å². The first-order chi connectivity index (χ1) is 8.36. The number of hydrogen-bond acceptors (Lipinski definition) is 4. The summed E-state index contributed by atoms with van der Waals surface area (Å²) in [7, 11) is 0. The molecule has 0 aliphatic carbocycles. The van der Waals surface area contributed by atoms with Crippen LogP contribution in [0.5, 0.6) is 0 Å². The third-order valence-electron chi connectivity index (χ3n) is 3.26. The topological polar surface area (TPSA) is 48.4 Å². The minimum absolute atomic E-state index is 0.0166. The number of nitrogens with one attached hydrogen (secondary N) is 1. The lowest BCUT2D eigenvalue weighted by Gasteiger charge is -2.30. The second-order valence-corrected chi connectivity index (χ2v) is 6.24. The monoisotopic (exact) mass is 249 g/mol. The molecule has 2 rings (SSSR count). The summed E-state index contributed by atoms with van der Waals surface area (Å²) in [4.78, 5) is 6.43. The van der Waals surface area contributed by atoms with Crippen LogP contribution >= 0.6 is 0 Å². The van der Waals surface area contributed by atoms with Crippen LogP contribution in [-0.2, 0) is 6.54 Å². The van der Waals surface area contributed by atoms with Crippen molar-refractivity contribution in [1.29, 1.82) is 0 Å². The Hall–Kier alpha value is -0.970. The highest BCUT2D eigenvalue weighted by Gasteiger charge is 2.33. The molecule has 1 saturated heterocycles. The minimum atomic E-state index is -0.685. The summed E-state index contributed by atoms with van der Waals surface area (Å²) in [6.45, 7) is 9.28. The highest BCUT2D eigenvalue weighted by atomic mass is 16.3. The third kappa shape index (κ3) is 3.77. The molecule has 4 nitrogen and oxygen atoms in total. The minimum Gasteiger partial charge on any atom is -0.388 e. The van der Waals surface area contributed by atoms with Gasteiger partial charge in [-0.25, -0.2) is 0 Å². The van der Waals surface area contributed by atoms with Crippen LogP contribution in [0.3, 0.4) is 0 Å². The summed E-state index contributed by atoms with van der Waals surface area (Å²) in [6, 6.07) is 4.03. The van der Waals surface area contributed by atoms with E-state index in [4.69, 9.17) is 0 Å². The normalized spacial score (nSPS) is 28.9. The summed E-state index contributed by atoms with van der Waals surface area (Å²) in [5.74, 6) is 0. The molecule has 4 heteroatoms. The molecule has 1 aromatic rings. The maximum Gasteiger partial charge on any atom is 0.0870 e. The third-order valence-corrected chi connectivity index (χ3v) is 3.26. The van der Waals surface area contributed by atoms with E-state index in [-0.39, 0.29) is 5.54 Å². The number of β-amino-alcohol motifs (C(OH)–C–C–N with tert-alkyl or cyclic N) is 1. The van der Waals surface area contributed by atoms with Crippen LogP contribution in [0.4, 0.5) is 0 Å². The van der Waals surface area contributed by atoms with Gasteiger partial charge >= 0.3 is 0 Å². The lowest BCUT2D eigenvalue weighted by atomic mass is 10.1. The fraction of sp³-hybridized carbons (Fsp3) is 0.643. The number of aromatic nitrogens is 1. The van der Waals surface area contributed by atoms with E-state index in [0.29, 0.717) is 13.1 Å². The molecule has 100 valence electrons. The van der Waals surface area contributed by atoms with Crippen LogP contribution in [0.15, 0.2) is 24.5 Å². The number of hydrogen-bond donors (Lipinski definition) is 2. The highest BCUT2D eigenvalue weighted by Crippen LogP contribution is 2.18. The molecule has 0 bridgehead atoms. The van der Waals surface area contributed by atoms with Crippen molar-refractivity contribution < 1.29 is 5.11 Å². The van der Waals surface area contributed by atoms with Crippen LogP contribution in [0.2, 0.25) is 0 Å². The van der Waals surface area contributed by atoms with Gasteiger partial charge in [0.2, 0.25) is 0 Å². The Morgan fingerprint density at radius 3 is 2.83 bits per heavy atom. The van der Waals surface area contributed by atoms with Gasteiger partial charge in [-0.3, -0.25) is 9.88 Å². The van der Waals surface area contributed by atoms with E-state index in [1.54, 1.807) is 6.20 Å². The molecule has 18 heavy (non-hydrogen) atoms. The van der Waals surface area contributed by atoms with Gasteiger partial charge in [0, 0.05) is 44.1 Å². The zero-order chi connectivity index (χ0) is 13.2. The second-order valence-electron chi connectivity index (χ2n) is 6.24. The molecule has 0 spiro atoms. The Balaban J connectivity index is 2.10. The molecular formula is C14H23N3O. The maximum atomic E-state index is 10.3. The van der Waals surface area contributed by atoms with E-state index in [1.165, 1.54) is 5.56 Å². The van der Waals surface area contributed by atoms with Crippen molar-refractivity contribution in [3.63, 3.8) is 0 Å². The predicted octanol–water partition coefficient (Wildman–Crippen LogP) is 1.02. The zero-order valence-corrected chi connectivity index (χ0v) is 11.5. The largest absolute Gasteiger partial charge is 0.388 e. The Bertz CT molecular complexity index is 371. The average Bonchev–Trinajstić information content (AvgIpc) is 2.36. The van der Waals surface area contributed by atoms with E-state index in [1.807, 2.05) is 19.2 Å². The maximum absolute atomic E-state index is 10.3. The van der Waals surface area contributed by atoms with Crippen molar-refractivity contribution in [2.45, 2.75) is 38.5 Å². The van der Waals surface area contributed by atoms with Crippen molar-refractivity contribution in [3.8, 4) is 0 Å². The quantitative estimate of drug-likeness (QED) is 0.821. The highest BCUT2D eigenvalue weighted by molar-refractivity contribution is 5.09. The molecule has 0 aromatic carbocycles. The molecule has 1 aliphatic heterocycles. The summed E-state index contributed by atoms with van der Waals surface area (Å²) >= 11 is 0. The Morgan fingerprint density at radius 1 is 1.39 bits per heavy atom. The van der Waals surface area contributed by atoms with E-state index in [2.05, 4.69) is 35.1 Å². The van der Waals surface area contributed by atoms with E-state index < -0.39 is 5.60 Å². The summed E-state index contributed by atoms with van der Waals surface area (Å²) < 4.78 is 0. The molecule has 0 amide bonds. The van der Waals surface area contributed by atoms with Crippen molar-refractivity contribution in [2.24, 2.45) is 0 Å². The molecule has 1 fully saturated rings. The Labute approximate surface area is 109 Å². The zero-order valence-electron chi connectivity index (χ0n) is 11.5. The van der Waals surface area contributed by atoms with Crippen LogP contribution in [0.1, 0.15) is 26.3 Å². The molecule has 0 radical (unpaired) electrons. The average molecular weight is 249 g/mol. The van der Waals surface area contributed by atoms with Crippen LogP contribution in [0, 0.1) is 0 Å². The lowest BCUT2D eigenvalue weighted by Crippen LogP contribution is -2.47. The van der Waals surface area contributed by atoms with Gasteiger partial charge in [-0.2, -0.15) is 0 Å². The molecule has 0 saturated carbocycles. The van der Waals surface area contributed by atoms with Gasteiger partial charge in [0.1, 0.15) is 0 Å². The van der Waals surface area contributed by atoms with Crippen LogP contribution < -0.4 is 5.32 Å². The Kier molecular flexibility index (Phi) is 3.71. The number of aliphatic hydroxyl groups is 1. The van der Waals surface area contributed by atoms with Gasteiger partial charge in [0.25, 0.3) is 0 Å². The predicted molar refractivity (Wildman–Crippen MR) is 72.2 cm³/mol. The first-order valence-electron chi connectivity index (χ1n) is 6.45. The van der Waals surface area contributed by atoms with Crippen molar-refractivity contribution >= 4 is 0 Å². The second kappa shape index (κ2) is 4.96. The molecule has 2 N–H and O–H groups in total. The number of nitrogens with zero attached hydrogens (tertiary/aromatic N) is 2. The fourth-order valence-electron chi connectivity index (χ4n) is 2.50. The van der Waals surface area contributed by atoms with E-state index in [9.17, 15) is 5.11 Å². The smallest absolute Gasteiger partial charge is 0.0870 e. The number of rotatable bonds is 2. The standard InChI is InChI=1S/C14H23N3O/c1-13(2)10-17(11-14(3,18)9-16-13)8-12-5-4-6-15-7-12/h4-7,16,18H,8-11H2,1-3H3. The van der Waals surface area contributed by atoms with Crippen molar-refractivity contribution in [1.82, 2.24) is 15.2 Å².